The molecular formula is C15H24BrN3O. The van der Waals surface area contributed by atoms with E-state index >= 15 is 0 Å². The molecule has 1 aliphatic heterocycles. The van der Waals surface area contributed by atoms with Crippen molar-refractivity contribution >= 4 is 21.8 Å². The van der Waals surface area contributed by atoms with Crippen LogP contribution in [0.3, 0.4) is 0 Å². The normalized spacial score (nSPS) is 17.9. The van der Waals surface area contributed by atoms with Crippen LogP contribution in [0.25, 0.3) is 0 Å². The number of amides is 1. The van der Waals surface area contributed by atoms with Gasteiger partial charge in [0.05, 0.1) is 0 Å². The fourth-order valence-electron chi connectivity index (χ4n) is 2.80. The number of likely N-dealkylation sites (tertiary alicyclic amines) is 1. The Hall–Kier alpha value is -0.810. The van der Waals surface area contributed by atoms with E-state index in [1.54, 1.807) is 0 Å². The van der Waals surface area contributed by atoms with Gasteiger partial charge in [-0.1, -0.05) is 6.42 Å². The smallest absolute Gasteiger partial charge is 0.268 e. The molecule has 1 amide bonds. The lowest BCUT2D eigenvalue weighted by molar-refractivity contribution is 0.0916. The number of aromatic nitrogens is 1. The van der Waals surface area contributed by atoms with Gasteiger partial charge in [0.15, 0.2) is 0 Å². The van der Waals surface area contributed by atoms with Gasteiger partial charge in [0, 0.05) is 29.8 Å². The standard InChI is InChI=1S/C15H24BrN3O/c1-3-19-11-13(16)9-14(19)15(20)17-12(2)10-18-7-5-4-6-8-18/h9,11-12H,3-8,10H2,1-2H3,(H,17,20). The minimum atomic E-state index is 0.0158. The fraction of sp³-hybridized carbons (Fsp3) is 0.667. The Kier molecular flexibility index (Phi) is 5.66. The Labute approximate surface area is 129 Å². The molecule has 0 bridgehead atoms. The Morgan fingerprint density at radius 3 is 2.75 bits per heavy atom. The van der Waals surface area contributed by atoms with E-state index in [2.05, 4.69) is 33.1 Å². The molecule has 1 atom stereocenters. The first-order chi connectivity index (χ1) is 9.60. The lowest BCUT2D eigenvalue weighted by Gasteiger charge is -2.29. The number of hydrogen-bond donors (Lipinski definition) is 1. The van der Waals surface area contributed by atoms with Crippen molar-refractivity contribution in [3.63, 3.8) is 0 Å². The second kappa shape index (κ2) is 7.27. The summed E-state index contributed by atoms with van der Waals surface area (Å²) in [6, 6.07) is 2.06. The number of hydrogen-bond acceptors (Lipinski definition) is 2. The summed E-state index contributed by atoms with van der Waals surface area (Å²) in [5, 5.41) is 3.11. The van der Waals surface area contributed by atoms with Crippen molar-refractivity contribution in [3.05, 3.63) is 22.4 Å². The maximum absolute atomic E-state index is 12.3. The van der Waals surface area contributed by atoms with Crippen molar-refractivity contribution in [2.45, 2.75) is 45.7 Å². The zero-order valence-corrected chi connectivity index (χ0v) is 13.9. The number of carbonyl (C=O) groups is 1. The maximum atomic E-state index is 12.3. The molecular weight excluding hydrogens is 318 g/mol. The highest BCUT2D eigenvalue weighted by atomic mass is 79.9. The van der Waals surface area contributed by atoms with E-state index in [9.17, 15) is 4.79 Å². The number of nitrogens with one attached hydrogen (secondary N) is 1. The third-order valence-electron chi connectivity index (χ3n) is 3.79. The maximum Gasteiger partial charge on any atom is 0.268 e. The monoisotopic (exact) mass is 341 g/mol. The van der Waals surface area contributed by atoms with Crippen LogP contribution in [0.1, 0.15) is 43.6 Å². The molecule has 1 N–H and O–H groups in total. The summed E-state index contributed by atoms with van der Waals surface area (Å²) >= 11 is 3.43. The molecule has 1 fully saturated rings. The number of piperidine rings is 1. The summed E-state index contributed by atoms with van der Waals surface area (Å²) in [6.45, 7) is 8.20. The third-order valence-corrected chi connectivity index (χ3v) is 4.23. The van der Waals surface area contributed by atoms with Crippen molar-refractivity contribution in [2.75, 3.05) is 19.6 Å². The largest absolute Gasteiger partial charge is 0.347 e. The Morgan fingerprint density at radius 1 is 1.40 bits per heavy atom. The van der Waals surface area contributed by atoms with Crippen LogP contribution in [-0.4, -0.2) is 41.1 Å². The van der Waals surface area contributed by atoms with Gasteiger partial charge in [-0.3, -0.25) is 4.79 Å². The van der Waals surface area contributed by atoms with Gasteiger partial charge in [0.2, 0.25) is 0 Å². The number of halogens is 1. The molecule has 0 saturated carbocycles. The van der Waals surface area contributed by atoms with Crippen molar-refractivity contribution in [2.24, 2.45) is 0 Å². The summed E-state index contributed by atoms with van der Waals surface area (Å²) in [5.41, 5.74) is 0.727. The zero-order valence-electron chi connectivity index (χ0n) is 12.4. The minimum absolute atomic E-state index is 0.0158. The van der Waals surface area contributed by atoms with Gasteiger partial charge in [-0.05, 0) is 61.8 Å². The van der Waals surface area contributed by atoms with E-state index in [0.29, 0.717) is 0 Å². The predicted molar refractivity (Wildman–Crippen MR) is 85.0 cm³/mol. The molecule has 1 aromatic heterocycles. The average molecular weight is 342 g/mol. The van der Waals surface area contributed by atoms with E-state index < -0.39 is 0 Å². The molecule has 112 valence electrons. The zero-order chi connectivity index (χ0) is 14.5. The van der Waals surface area contributed by atoms with Crippen molar-refractivity contribution in [1.82, 2.24) is 14.8 Å². The molecule has 0 spiro atoms. The van der Waals surface area contributed by atoms with E-state index in [0.717, 1.165) is 36.3 Å². The van der Waals surface area contributed by atoms with Crippen LogP contribution >= 0.6 is 15.9 Å². The Bertz CT molecular complexity index is 452. The Balaban J connectivity index is 1.89. The van der Waals surface area contributed by atoms with Crippen LogP contribution in [0.2, 0.25) is 0 Å². The number of carbonyl (C=O) groups excluding carboxylic acids is 1. The van der Waals surface area contributed by atoms with Gasteiger partial charge in [0.1, 0.15) is 5.69 Å². The van der Waals surface area contributed by atoms with E-state index in [4.69, 9.17) is 0 Å². The average Bonchev–Trinajstić information content (AvgIpc) is 2.81. The first-order valence-electron chi connectivity index (χ1n) is 7.49. The molecule has 1 unspecified atom stereocenters. The molecule has 0 aliphatic carbocycles. The Morgan fingerprint density at radius 2 is 2.10 bits per heavy atom. The van der Waals surface area contributed by atoms with Gasteiger partial charge < -0.3 is 14.8 Å². The van der Waals surface area contributed by atoms with Crippen LogP contribution in [0, 0.1) is 0 Å². The van der Waals surface area contributed by atoms with Crippen LogP contribution in [0.4, 0.5) is 0 Å². The highest BCUT2D eigenvalue weighted by Gasteiger charge is 2.17. The molecule has 2 heterocycles. The predicted octanol–water partition coefficient (Wildman–Crippen LogP) is 2.87. The second-order valence-electron chi connectivity index (χ2n) is 5.57. The van der Waals surface area contributed by atoms with E-state index in [1.807, 2.05) is 23.8 Å². The molecule has 20 heavy (non-hydrogen) atoms. The summed E-state index contributed by atoms with van der Waals surface area (Å²) in [6.07, 6.45) is 5.86. The van der Waals surface area contributed by atoms with Gasteiger partial charge in [0.25, 0.3) is 5.91 Å². The molecule has 4 nitrogen and oxygen atoms in total. The molecule has 1 aliphatic rings. The summed E-state index contributed by atoms with van der Waals surface area (Å²) in [4.78, 5) is 14.8. The highest BCUT2D eigenvalue weighted by molar-refractivity contribution is 9.10. The van der Waals surface area contributed by atoms with Crippen LogP contribution in [0.5, 0.6) is 0 Å². The van der Waals surface area contributed by atoms with E-state index in [-0.39, 0.29) is 11.9 Å². The van der Waals surface area contributed by atoms with Crippen LogP contribution in [0.15, 0.2) is 16.7 Å². The number of nitrogens with zero attached hydrogens (tertiary/aromatic N) is 2. The van der Waals surface area contributed by atoms with Crippen molar-refractivity contribution < 1.29 is 4.79 Å². The first-order valence-corrected chi connectivity index (χ1v) is 8.28. The topological polar surface area (TPSA) is 37.3 Å². The van der Waals surface area contributed by atoms with Crippen molar-refractivity contribution in [3.8, 4) is 0 Å². The molecule has 5 heteroatoms. The minimum Gasteiger partial charge on any atom is -0.347 e. The van der Waals surface area contributed by atoms with Gasteiger partial charge in [-0.2, -0.15) is 0 Å². The van der Waals surface area contributed by atoms with Gasteiger partial charge >= 0.3 is 0 Å². The third kappa shape index (κ3) is 4.09. The van der Waals surface area contributed by atoms with Crippen molar-refractivity contribution in [1.29, 1.82) is 0 Å². The SMILES string of the molecule is CCn1cc(Br)cc1C(=O)NC(C)CN1CCCCC1. The lowest BCUT2D eigenvalue weighted by Crippen LogP contribution is -2.44. The quantitative estimate of drug-likeness (QED) is 0.893. The number of rotatable bonds is 5. The summed E-state index contributed by atoms with van der Waals surface area (Å²) < 4.78 is 2.92. The first kappa shape index (κ1) is 15.6. The fourth-order valence-corrected chi connectivity index (χ4v) is 3.26. The van der Waals surface area contributed by atoms with Gasteiger partial charge in [-0.25, -0.2) is 0 Å². The van der Waals surface area contributed by atoms with Gasteiger partial charge in [-0.15, -0.1) is 0 Å². The van der Waals surface area contributed by atoms with Crippen LogP contribution < -0.4 is 5.32 Å². The second-order valence-corrected chi connectivity index (χ2v) is 6.48. The molecule has 0 aromatic carbocycles. The summed E-state index contributed by atoms with van der Waals surface area (Å²) in [7, 11) is 0. The molecule has 1 saturated heterocycles. The molecule has 2 rings (SSSR count). The van der Waals surface area contributed by atoms with E-state index in [1.165, 1.54) is 19.3 Å². The highest BCUT2D eigenvalue weighted by Crippen LogP contribution is 2.15. The lowest BCUT2D eigenvalue weighted by atomic mass is 10.1. The summed E-state index contributed by atoms with van der Waals surface area (Å²) in [5.74, 6) is 0.0158. The number of aryl methyl sites for hydroxylation is 1. The molecule has 0 radical (unpaired) electrons. The molecule has 1 aromatic rings. The van der Waals surface area contributed by atoms with Crippen LogP contribution in [-0.2, 0) is 6.54 Å².